The minimum atomic E-state index is -1.33. The van der Waals surface area contributed by atoms with Gasteiger partial charge in [0.2, 0.25) is 0 Å². The van der Waals surface area contributed by atoms with Crippen LogP contribution in [0.2, 0.25) is 0 Å². The maximum Gasteiger partial charge on any atom is 0.303 e. The van der Waals surface area contributed by atoms with Crippen molar-refractivity contribution in [2.24, 2.45) is 0 Å². The van der Waals surface area contributed by atoms with Crippen molar-refractivity contribution in [3.8, 4) is 11.5 Å². The second-order valence-corrected chi connectivity index (χ2v) is 10.2. The number of carbonyl (C=O) groups is 5. The fourth-order valence-corrected chi connectivity index (χ4v) is 5.01. The number of nitrogens with zero attached hydrogens (tertiary/aromatic N) is 1. The molecule has 1 fully saturated rings. The number of esters is 4. The third-order valence-corrected chi connectivity index (χ3v) is 6.81. The van der Waals surface area contributed by atoms with E-state index in [1.54, 1.807) is 10.9 Å². The van der Waals surface area contributed by atoms with Gasteiger partial charge in [0.05, 0.1) is 23.2 Å². The zero-order valence-corrected chi connectivity index (χ0v) is 24.6. The highest BCUT2D eigenvalue weighted by molar-refractivity contribution is 7.07. The lowest BCUT2D eigenvalue weighted by Crippen LogP contribution is -2.63. The van der Waals surface area contributed by atoms with Crippen molar-refractivity contribution < 1.29 is 57.5 Å². The SMILES string of the molecule is CCc1cc(C(=O)Cc2cscn2)c(O)cc1OCC1OC(COC(C)=O)C(OC(C)=O)C(OC(C)=O)C1OC(C)=O. The molecule has 1 saturated heterocycles. The van der Waals surface area contributed by atoms with Gasteiger partial charge in [0, 0.05) is 39.1 Å². The molecular weight excluding hydrogens is 574 g/mol. The molecule has 3 rings (SSSR count). The highest BCUT2D eigenvalue weighted by Gasteiger charge is 2.52. The van der Waals surface area contributed by atoms with Gasteiger partial charge in [-0.05, 0) is 18.1 Å². The third-order valence-electron chi connectivity index (χ3n) is 6.18. The van der Waals surface area contributed by atoms with Crippen molar-refractivity contribution in [3.05, 3.63) is 39.8 Å². The summed E-state index contributed by atoms with van der Waals surface area (Å²) in [5.41, 5.74) is 2.91. The Kier molecular flexibility index (Phi) is 11.4. The van der Waals surface area contributed by atoms with Gasteiger partial charge in [0.15, 0.2) is 24.1 Å². The molecule has 0 saturated carbocycles. The van der Waals surface area contributed by atoms with Crippen LogP contribution in [0, 0.1) is 0 Å². The van der Waals surface area contributed by atoms with Crippen LogP contribution in [0.3, 0.4) is 0 Å². The van der Waals surface area contributed by atoms with Crippen LogP contribution in [-0.2, 0) is 55.7 Å². The Labute approximate surface area is 246 Å². The minimum Gasteiger partial charge on any atom is -0.507 e. The predicted octanol–water partition coefficient (Wildman–Crippen LogP) is 2.34. The summed E-state index contributed by atoms with van der Waals surface area (Å²) in [6, 6.07) is 2.84. The molecule has 1 aromatic heterocycles. The van der Waals surface area contributed by atoms with Gasteiger partial charge in [-0.2, -0.15) is 0 Å². The van der Waals surface area contributed by atoms with E-state index in [-0.39, 0.29) is 42.5 Å². The van der Waals surface area contributed by atoms with Crippen LogP contribution in [0.25, 0.3) is 0 Å². The van der Waals surface area contributed by atoms with Crippen LogP contribution in [0.5, 0.6) is 11.5 Å². The molecule has 1 aliphatic rings. The first-order valence-corrected chi connectivity index (χ1v) is 14.0. The molecule has 2 heterocycles. The molecule has 1 N–H and O–H groups in total. The lowest BCUT2D eigenvalue weighted by atomic mass is 9.94. The second-order valence-electron chi connectivity index (χ2n) is 9.46. The minimum absolute atomic E-state index is 0.0190. The number of carbonyl (C=O) groups excluding carboxylic acids is 5. The highest BCUT2D eigenvalue weighted by atomic mass is 32.1. The van der Waals surface area contributed by atoms with E-state index in [2.05, 4.69) is 4.98 Å². The molecule has 1 aliphatic heterocycles. The molecule has 0 spiro atoms. The van der Waals surface area contributed by atoms with Gasteiger partial charge in [-0.3, -0.25) is 24.0 Å². The number of aromatic nitrogens is 1. The monoisotopic (exact) mass is 607 g/mol. The fourth-order valence-electron chi connectivity index (χ4n) is 4.46. The first kappa shape index (κ1) is 32.5. The summed E-state index contributed by atoms with van der Waals surface area (Å²) >= 11 is 1.36. The molecule has 0 radical (unpaired) electrons. The van der Waals surface area contributed by atoms with E-state index >= 15 is 0 Å². The van der Waals surface area contributed by atoms with Crippen molar-refractivity contribution in [2.45, 2.75) is 78.0 Å². The summed E-state index contributed by atoms with van der Waals surface area (Å²) in [5, 5.41) is 12.4. The molecule has 2 aromatic rings. The number of benzene rings is 1. The van der Waals surface area contributed by atoms with E-state index in [4.69, 9.17) is 28.4 Å². The first-order valence-electron chi connectivity index (χ1n) is 13.1. The van der Waals surface area contributed by atoms with E-state index in [0.717, 1.165) is 20.8 Å². The van der Waals surface area contributed by atoms with Crippen LogP contribution in [0.15, 0.2) is 23.0 Å². The number of rotatable bonds is 12. The summed E-state index contributed by atoms with van der Waals surface area (Å²) in [4.78, 5) is 64.4. The largest absolute Gasteiger partial charge is 0.507 e. The van der Waals surface area contributed by atoms with Crippen LogP contribution >= 0.6 is 11.3 Å². The molecule has 5 unspecified atom stereocenters. The van der Waals surface area contributed by atoms with E-state index in [1.165, 1.54) is 30.4 Å². The molecular formula is C28H33NO12S. The Balaban J connectivity index is 1.91. The number of aryl methyl sites for hydroxylation is 1. The number of hydrogen-bond acceptors (Lipinski definition) is 14. The summed E-state index contributed by atoms with van der Waals surface area (Å²) in [6.07, 6.45) is -5.68. The van der Waals surface area contributed by atoms with Gasteiger partial charge >= 0.3 is 23.9 Å². The molecule has 228 valence electrons. The fraction of sp³-hybridized carbons (Fsp3) is 0.500. The Morgan fingerprint density at radius 1 is 0.881 bits per heavy atom. The average Bonchev–Trinajstić information content (AvgIpc) is 3.41. The van der Waals surface area contributed by atoms with Crippen LogP contribution < -0.4 is 4.74 Å². The molecule has 0 aliphatic carbocycles. The molecule has 13 nitrogen and oxygen atoms in total. The van der Waals surface area contributed by atoms with Gasteiger partial charge < -0.3 is 33.5 Å². The van der Waals surface area contributed by atoms with E-state index in [1.807, 2.05) is 6.92 Å². The van der Waals surface area contributed by atoms with Crippen molar-refractivity contribution in [3.63, 3.8) is 0 Å². The molecule has 0 bridgehead atoms. The van der Waals surface area contributed by atoms with E-state index in [9.17, 15) is 29.1 Å². The number of ether oxygens (including phenoxy) is 6. The second kappa shape index (κ2) is 14.7. The molecule has 42 heavy (non-hydrogen) atoms. The number of phenols is 1. The third kappa shape index (κ3) is 8.73. The maximum absolute atomic E-state index is 12.8. The van der Waals surface area contributed by atoms with Crippen LogP contribution in [0.4, 0.5) is 0 Å². The highest BCUT2D eigenvalue weighted by Crippen LogP contribution is 2.33. The number of phenolic OH excluding ortho intramolecular Hbond substituents is 1. The smallest absolute Gasteiger partial charge is 0.303 e. The zero-order chi connectivity index (χ0) is 31.0. The summed E-state index contributed by atoms with van der Waals surface area (Å²) in [5.74, 6) is -3.25. The van der Waals surface area contributed by atoms with Crippen molar-refractivity contribution in [2.75, 3.05) is 13.2 Å². The van der Waals surface area contributed by atoms with E-state index in [0.29, 0.717) is 17.7 Å². The van der Waals surface area contributed by atoms with Gasteiger partial charge in [-0.1, -0.05) is 6.92 Å². The van der Waals surface area contributed by atoms with Gasteiger partial charge in [0.25, 0.3) is 0 Å². The number of hydrogen-bond donors (Lipinski definition) is 1. The van der Waals surface area contributed by atoms with Crippen LogP contribution in [-0.4, -0.2) is 83.5 Å². The zero-order valence-electron chi connectivity index (χ0n) is 23.8. The van der Waals surface area contributed by atoms with Gasteiger partial charge in [-0.25, -0.2) is 4.98 Å². The van der Waals surface area contributed by atoms with Crippen molar-refractivity contribution in [1.29, 1.82) is 0 Å². The van der Waals surface area contributed by atoms with Gasteiger partial charge in [0.1, 0.15) is 36.9 Å². The normalized spacial score (nSPS) is 21.6. The number of thiazole rings is 1. The molecule has 1 aromatic carbocycles. The maximum atomic E-state index is 12.8. The van der Waals surface area contributed by atoms with E-state index < -0.39 is 54.4 Å². The average molecular weight is 608 g/mol. The van der Waals surface area contributed by atoms with Crippen molar-refractivity contribution in [1.82, 2.24) is 4.98 Å². The van der Waals surface area contributed by atoms with Crippen molar-refractivity contribution >= 4 is 41.0 Å². The number of ketones is 1. The Hall–Kier alpha value is -4.04. The molecule has 5 atom stereocenters. The Morgan fingerprint density at radius 2 is 1.48 bits per heavy atom. The Bertz CT molecular complexity index is 1290. The number of aromatic hydroxyl groups is 1. The summed E-state index contributed by atoms with van der Waals surface area (Å²) < 4.78 is 33.4. The molecule has 14 heteroatoms. The summed E-state index contributed by atoms with van der Waals surface area (Å²) in [6.45, 7) is 5.76. The molecule has 0 amide bonds. The lowest BCUT2D eigenvalue weighted by molar-refractivity contribution is -0.255. The lowest BCUT2D eigenvalue weighted by Gasteiger charge is -2.44. The summed E-state index contributed by atoms with van der Waals surface area (Å²) in [7, 11) is 0. The first-order chi connectivity index (χ1) is 19.9. The van der Waals surface area contributed by atoms with Gasteiger partial charge in [-0.15, -0.1) is 11.3 Å². The standard InChI is InChI=1S/C28H33NO12S/c1-6-18-7-20(21(34)8-19-12-42-13-29-19)22(35)9-23(18)37-11-25-27(39-16(4)32)28(40-17(5)33)26(38-15(3)31)24(41-25)10-36-14(2)30/h7,9,12-13,24-28,35H,6,8,10-11H2,1-5H3. The predicted molar refractivity (Wildman–Crippen MR) is 145 cm³/mol. The number of Topliss-reactive ketones (excluding diaryl/α,β-unsaturated/α-hetero) is 1. The quantitative estimate of drug-likeness (QED) is 0.212. The Morgan fingerprint density at radius 3 is 2.00 bits per heavy atom. The van der Waals surface area contributed by atoms with Crippen LogP contribution in [0.1, 0.15) is 56.2 Å². The topological polar surface area (TPSA) is 174 Å².